The molecule has 2 aliphatic rings. The molecule has 2 aliphatic heterocycles. The summed E-state index contributed by atoms with van der Waals surface area (Å²) in [6, 6.07) is 3.48. The van der Waals surface area contributed by atoms with Crippen molar-refractivity contribution in [3.63, 3.8) is 0 Å². The molecule has 8 nitrogen and oxygen atoms in total. The number of hydrogen-bond donors (Lipinski definition) is 1. The molecule has 0 unspecified atom stereocenters. The number of ether oxygens (including phenoxy) is 3. The molecule has 4 heterocycles. The lowest BCUT2D eigenvalue weighted by molar-refractivity contribution is -0.0625. The van der Waals surface area contributed by atoms with Gasteiger partial charge < -0.3 is 24.8 Å². The Balaban J connectivity index is 0.00000256. The lowest BCUT2D eigenvalue weighted by atomic mass is 10.1. The summed E-state index contributed by atoms with van der Waals surface area (Å²) in [5, 5.41) is 0.899. The Morgan fingerprint density at radius 1 is 1.07 bits per heavy atom. The van der Waals surface area contributed by atoms with Crippen LogP contribution in [0.15, 0.2) is 24.5 Å². The van der Waals surface area contributed by atoms with Crippen molar-refractivity contribution in [2.24, 2.45) is 5.73 Å². The number of piperidine rings is 1. The van der Waals surface area contributed by atoms with Gasteiger partial charge >= 0.3 is 0 Å². The van der Waals surface area contributed by atoms with Crippen LogP contribution in [0.1, 0.15) is 36.2 Å². The molecule has 2 N–H and O–H groups in total. The molecular weight excluding hydrogens is 408 g/mol. The summed E-state index contributed by atoms with van der Waals surface area (Å²) in [6.45, 7) is 4.56. The summed E-state index contributed by atoms with van der Waals surface area (Å²) in [5.74, 6) is -0.523. The van der Waals surface area contributed by atoms with Gasteiger partial charge in [-0.2, -0.15) is 0 Å². The number of pyridine rings is 2. The first kappa shape index (κ1) is 22.7. The van der Waals surface area contributed by atoms with E-state index in [-0.39, 0.29) is 24.2 Å². The number of rotatable bonds is 7. The molecule has 0 saturated carbocycles. The van der Waals surface area contributed by atoms with Crippen molar-refractivity contribution in [1.29, 1.82) is 0 Å². The van der Waals surface area contributed by atoms with Crippen molar-refractivity contribution in [2.75, 3.05) is 44.4 Å². The number of carbonyl (C=O) groups is 1. The molecule has 0 aliphatic carbocycles. The van der Waals surface area contributed by atoms with Gasteiger partial charge in [0.15, 0.2) is 0 Å². The average Bonchev–Trinajstić information content (AvgIpc) is 2.77. The average molecular weight is 437 g/mol. The first-order chi connectivity index (χ1) is 14.2. The minimum atomic E-state index is -0.523. The van der Waals surface area contributed by atoms with E-state index in [1.54, 1.807) is 12.3 Å². The summed E-state index contributed by atoms with van der Waals surface area (Å²) < 4.78 is 17.2. The normalized spacial score (nSPS) is 18.3. The van der Waals surface area contributed by atoms with Crippen molar-refractivity contribution < 1.29 is 19.0 Å². The molecule has 30 heavy (non-hydrogen) atoms. The Bertz CT molecular complexity index is 839. The highest BCUT2D eigenvalue weighted by molar-refractivity contribution is 5.96. The molecule has 164 valence electrons. The van der Waals surface area contributed by atoms with Crippen molar-refractivity contribution in [1.82, 2.24) is 9.97 Å². The van der Waals surface area contributed by atoms with Crippen LogP contribution in [0, 0.1) is 0 Å². The molecule has 4 rings (SSSR count). The molecule has 1 amide bonds. The van der Waals surface area contributed by atoms with Gasteiger partial charge in [0.05, 0.1) is 42.8 Å². The van der Waals surface area contributed by atoms with E-state index in [4.69, 9.17) is 19.9 Å². The molecule has 0 aromatic carbocycles. The third-order valence-corrected chi connectivity index (χ3v) is 5.57. The van der Waals surface area contributed by atoms with Gasteiger partial charge in [0, 0.05) is 37.9 Å². The quantitative estimate of drug-likeness (QED) is 0.665. The maximum Gasteiger partial charge on any atom is 0.267 e. The fourth-order valence-corrected chi connectivity index (χ4v) is 3.93. The second kappa shape index (κ2) is 10.9. The van der Waals surface area contributed by atoms with Crippen LogP contribution in [0.4, 0.5) is 5.69 Å². The molecule has 0 spiro atoms. The minimum absolute atomic E-state index is 0. The first-order valence-corrected chi connectivity index (χ1v) is 10.3. The fourth-order valence-electron chi connectivity index (χ4n) is 3.93. The van der Waals surface area contributed by atoms with E-state index in [1.807, 2.05) is 12.3 Å². The predicted molar refractivity (Wildman–Crippen MR) is 116 cm³/mol. The lowest BCUT2D eigenvalue weighted by Gasteiger charge is -2.33. The van der Waals surface area contributed by atoms with Gasteiger partial charge in [-0.05, 0) is 37.8 Å². The van der Waals surface area contributed by atoms with Gasteiger partial charge in [-0.3, -0.25) is 9.78 Å². The molecule has 9 heteroatoms. The fraction of sp³-hybridized carbons (Fsp3) is 0.571. The second-order valence-electron chi connectivity index (χ2n) is 7.53. The van der Waals surface area contributed by atoms with Crippen molar-refractivity contribution in [3.8, 4) is 0 Å². The number of nitrogens with two attached hydrogens (primary N) is 1. The van der Waals surface area contributed by atoms with Gasteiger partial charge in [-0.15, -0.1) is 12.4 Å². The Morgan fingerprint density at radius 3 is 2.40 bits per heavy atom. The molecule has 2 aromatic heterocycles. The Morgan fingerprint density at radius 2 is 1.73 bits per heavy atom. The molecule has 2 saturated heterocycles. The monoisotopic (exact) mass is 436 g/mol. The summed E-state index contributed by atoms with van der Waals surface area (Å²) in [7, 11) is 0. The van der Waals surface area contributed by atoms with Crippen molar-refractivity contribution >= 4 is 34.9 Å². The van der Waals surface area contributed by atoms with Gasteiger partial charge in [-0.1, -0.05) is 0 Å². The maximum absolute atomic E-state index is 11.5. The Labute approximate surface area is 182 Å². The summed E-state index contributed by atoms with van der Waals surface area (Å²) >= 11 is 0. The Kier molecular flexibility index (Phi) is 8.21. The van der Waals surface area contributed by atoms with Crippen LogP contribution >= 0.6 is 12.4 Å². The zero-order valence-corrected chi connectivity index (χ0v) is 17.8. The standard InChI is InChI=1S/C21H28N4O4.ClH/c22-21(26)18-2-1-15-13-23-14-19(20(15)24-18)25-7-3-16(4-8-25)28-11-12-29-17-5-9-27-10-6-17;/h1-2,13-14,16-17H,3-12H2,(H2,22,26);1H. The van der Waals surface area contributed by atoms with E-state index in [0.29, 0.717) is 19.3 Å². The lowest BCUT2D eigenvalue weighted by Crippen LogP contribution is -2.37. The molecular formula is C21H29ClN4O4. The third-order valence-electron chi connectivity index (χ3n) is 5.57. The van der Waals surface area contributed by atoms with E-state index in [2.05, 4.69) is 14.9 Å². The van der Waals surface area contributed by atoms with Crippen molar-refractivity contribution in [2.45, 2.75) is 37.9 Å². The van der Waals surface area contributed by atoms with E-state index in [0.717, 1.165) is 68.6 Å². The zero-order valence-electron chi connectivity index (χ0n) is 17.0. The van der Waals surface area contributed by atoms with Crippen LogP contribution in [0.25, 0.3) is 10.9 Å². The number of nitrogens with zero attached hydrogens (tertiary/aromatic N) is 3. The number of fused-ring (bicyclic) bond motifs is 1. The van der Waals surface area contributed by atoms with Gasteiger partial charge in [0.1, 0.15) is 5.69 Å². The maximum atomic E-state index is 11.5. The number of halogens is 1. The highest BCUT2D eigenvalue weighted by Gasteiger charge is 2.22. The largest absolute Gasteiger partial charge is 0.381 e. The molecule has 0 bridgehead atoms. The van der Waals surface area contributed by atoms with Gasteiger partial charge in [0.25, 0.3) is 5.91 Å². The van der Waals surface area contributed by atoms with Crippen molar-refractivity contribution in [3.05, 3.63) is 30.2 Å². The van der Waals surface area contributed by atoms with Gasteiger partial charge in [0.2, 0.25) is 0 Å². The summed E-state index contributed by atoms with van der Waals surface area (Å²) in [5.41, 5.74) is 7.37. The minimum Gasteiger partial charge on any atom is -0.381 e. The molecule has 0 atom stereocenters. The van der Waals surface area contributed by atoms with Gasteiger partial charge in [-0.25, -0.2) is 4.98 Å². The smallest absolute Gasteiger partial charge is 0.267 e. The SMILES string of the molecule is Cl.NC(=O)c1ccc2cncc(N3CCC(OCCOC4CCOCC4)CC3)c2n1. The van der Waals surface area contributed by atoms with Crippen LogP contribution in [0.5, 0.6) is 0 Å². The number of hydrogen-bond acceptors (Lipinski definition) is 7. The van der Waals surface area contributed by atoms with Crippen LogP contribution in [-0.4, -0.2) is 67.6 Å². The van der Waals surface area contributed by atoms with Crippen LogP contribution < -0.4 is 10.6 Å². The van der Waals surface area contributed by atoms with Crippen LogP contribution in [0.2, 0.25) is 0 Å². The van der Waals surface area contributed by atoms with E-state index in [9.17, 15) is 4.79 Å². The summed E-state index contributed by atoms with van der Waals surface area (Å²) in [4.78, 5) is 22.5. The number of aromatic nitrogens is 2. The van der Waals surface area contributed by atoms with E-state index >= 15 is 0 Å². The molecule has 0 radical (unpaired) electrons. The van der Waals surface area contributed by atoms with Crippen LogP contribution in [0.3, 0.4) is 0 Å². The highest BCUT2D eigenvalue weighted by Crippen LogP contribution is 2.27. The molecule has 2 aromatic rings. The number of carbonyl (C=O) groups excluding carboxylic acids is 1. The summed E-state index contributed by atoms with van der Waals surface area (Å²) in [6.07, 6.45) is 7.93. The number of amides is 1. The second-order valence-corrected chi connectivity index (χ2v) is 7.53. The predicted octanol–water partition coefficient (Wildman–Crippen LogP) is 2.33. The van der Waals surface area contributed by atoms with E-state index in [1.165, 1.54) is 0 Å². The number of primary amides is 1. The topological polar surface area (TPSA) is 99.8 Å². The Hall–Kier alpha value is -2.00. The van der Waals surface area contributed by atoms with Crippen LogP contribution in [-0.2, 0) is 14.2 Å². The van der Waals surface area contributed by atoms with E-state index < -0.39 is 5.91 Å². The number of anilines is 1. The third kappa shape index (κ3) is 5.57. The zero-order chi connectivity index (χ0) is 20.1. The highest BCUT2D eigenvalue weighted by atomic mass is 35.5. The first-order valence-electron chi connectivity index (χ1n) is 10.3. The molecule has 2 fully saturated rings.